The smallest absolute Gasteiger partial charge is 0.249 e. The molecule has 2 aromatic rings. The lowest BCUT2D eigenvalue weighted by molar-refractivity contribution is -0.120. The van der Waals surface area contributed by atoms with E-state index < -0.39 is 0 Å². The second kappa shape index (κ2) is 17.9. The first-order valence-corrected chi connectivity index (χ1v) is 20.6. The van der Waals surface area contributed by atoms with Crippen LogP contribution in [0.1, 0.15) is 97.3 Å². The normalized spacial score (nSPS) is 24.5. The largest absolute Gasteiger partial charge is 0.340 e. The summed E-state index contributed by atoms with van der Waals surface area (Å²) in [7, 11) is 7.99. The third-order valence-electron chi connectivity index (χ3n) is 12.1. The van der Waals surface area contributed by atoms with Gasteiger partial charge in [0, 0.05) is 52.4 Å². The van der Waals surface area contributed by atoms with Crippen molar-refractivity contribution in [1.82, 2.24) is 29.7 Å². The minimum atomic E-state index is -0.137. The molecule has 0 radical (unpaired) electrons. The molecule has 53 heavy (non-hydrogen) atoms. The van der Waals surface area contributed by atoms with Crippen LogP contribution in [0.25, 0.3) is 0 Å². The van der Waals surface area contributed by atoms with Gasteiger partial charge < -0.3 is 34.3 Å². The van der Waals surface area contributed by atoms with E-state index in [2.05, 4.69) is 60.5 Å². The molecule has 4 aliphatic heterocycles. The van der Waals surface area contributed by atoms with Crippen molar-refractivity contribution in [3.05, 3.63) is 17.7 Å². The molecule has 0 aromatic carbocycles. The second-order valence-corrected chi connectivity index (χ2v) is 16.1. The number of likely N-dealkylation sites (tertiary alicyclic amines) is 1. The van der Waals surface area contributed by atoms with Gasteiger partial charge in [0.05, 0.1) is 12.4 Å². The van der Waals surface area contributed by atoms with Gasteiger partial charge in [0.1, 0.15) is 23.5 Å². The number of amides is 2. The Hall–Kier alpha value is -3.29. The maximum atomic E-state index is 12.9. The Morgan fingerprint density at radius 3 is 1.51 bits per heavy atom. The van der Waals surface area contributed by atoms with E-state index in [4.69, 9.17) is 16.6 Å². The Morgan fingerprint density at radius 1 is 0.604 bits per heavy atom. The van der Waals surface area contributed by atoms with Gasteiger partial charge in [-0.15, -0.1) is 0 Å². The predicted molar refractivity (Wildman–Crippen MR) is 215 cm³/mol. The first kappa shape index (κ1) is 39.4. The highest BCUT2D eigenvalue weighted by Crippen LogP contribution is 2.41. The number of piperazine rings is 1. The fourth-order valence-electron chi connectivity index (χ4n) is 8.95. The molecule has 2 aliphatic carbocycles. The molecule has 13 nitrogen and oxygen atoms in total. The molecule has 0 unspecified atom stereocenters. The maximum absolute atomic E-state index is 12.9. The summed E-state index contributed by atoms with van der Waals surface area (Å²) in [5.41, 5.74) is 1.61. The molecule has 2 atom stereocenters. The van der Waals surface area contributed by atoms with Crippen LogP contribution in [0.4, 0.5) is 29.0 Å². The summed E-state index contributed by atoms with van der Waals surface area (Å²) >= 11 is 5.97. The molecule has 2 saturated heterocycles. The van der Waals surface area contributed by atoms with Crippen molar-refractivity contribution >= 4 is 52.4 Å². The molecule has 2 saturated carbocycles. The van der Waals surface area contributed by atoms with E-state index in [1.165, 1.54) is 58.0 Å². The molecule has 2 amide bonds. The molecule has 0 spiro atoms. The highest BCUT2D eigenvalue weighted by Gasteiger charge is 2.42. The third-order valence-corrected chi connectivity index (χ3v) is 12.3. The fourth-order valence-corrected chi connectivity index (χ4v) is 9.08. The number of carbonyl (C=O) groups excluding carboxylic acids is 2. The number of aromatic nitrogens is 4. The molecule has 14 heteroatoms. The van der Waals surface area contributed by atoms with Gasteiger partial charge in [-0.2, -0.15) is 9.97 Å². The molecule has 292 valence electrons. The number of hydrogen-bond acceptors (Lipinski definition) is 11. The molecule has 8 rings (SSSR count). The molecule has 4 fully saturated rings. The topological polar surface area (TPSA) is 108 Å². The second-order valence-electron chi connectivity index (χ2n) is 15.7. The zero-order chi connectivity index (χ0) is 37.6. The van der Waals surface area contributed by atoms with Crippen molar-refractivity contribution in [3.63, 3.8) is 0 Å². The summed E-state index contributed by atoms with van der Waals surface area (Å²) in [5, 5.41) is 0.240. The monoisotopic (exact) mass is 751 g/mol. The highest BCUT2D eigenvalue weighted by molar-refractivity contribution is 6.28. The van der Waals surface area contributed by atoms with Crippen LogP contribution in [0, 0.1) is 0 Å². The van der Waals surface area contributed by atoms with Crippen LogP contribution in [0.3, 0.4) is 0 Å². The van der Waals surface area contributed by atoms with Crippen LogP contribution in [-0.4, -0.2) is 133 Å². The van der Waals surface area contributed by atoms with Crippen molar-refractivity contribution in [1.29, 1.82) is 0 Å². The Kier molecular flexibility index (Phi) is 13.3. The highest BCUT2D eigenvalue weighted by atomic mass is 35.5. The molecular formula is C39H62ClN11O2. The van der Waals surface area contributed by atoms with Crippen LogP contribution >= 0.6 is 11.6 Å². The number of carbonyl (C=O) groups is 2. The first-order chi connectivity index (χ1) is 25.6. The van der Waals surface area contributed by atoms with Gasteiger partial charge in [-0.25, -0.2) is 9.97 Å². The van der Waals surface area contributed by atoms with Crippen molar-refractivity contribution in [2.45, 2.75) is 121 Å². The number of piperidine rings is 1. The zero-order valence-electron chi connectivity index (χ0n) is 33.0. The summed E-state index contributed by atoms with van der Waals surface area (Å²) in [5.74, 6) is 2.86. The molecule has 0 N–H and O–H groups in total. The lowest BCUT2D eigenvalue weighted by Crippen LogP contribution is -2.55. The standard InChI is InChI=1S/C19H30N6O.C14H19ClN4O.C6H13N/c1-4-15-18(26)23(3)16-13-20-19(24-11-9-22(2)10-12-24)21-17(16)25(15)14-7-5-6-8-14;1-3-10-13(20)18(2)11-8-16-14(15)17-12(11)19(10)9-6-4-5-7-9;1-7-5-3-2-4-6-7/h13-15H,4-12H2,1-3H3;8-10H,3-7H2,1-2H3;2-6H2,1H3/t15-;10-;/m11./s1. The fraction of sp³-hybridized carbons (Fsp3) is 0.744. The number of hydrogen-bond donors (Lipinski definition) is 0. The zero-order valence-corrected chi connectivity index (χ0v) is 33.8. The van der Waals surface area contributed by atoms with E-state index in [1.807, 2.05) is 20.2 Å². The number of rotatable bonds is 5. The predicted octanol–water partition coefficient (Wildman–Crippen LogP) is 5.47. The number of halogens is 1. The van der Waals surface area contributed by atoms with Crippen molar-refractivity contribution in [2.24, 2.45) is 0 Å². The van der Waals surface area contributed by atoms with Gasteiger partial charge in [-0.05, 0) is 90.2 Å². The SMILES string of the molecule is CC[C@@H]1C(=O)N(C)c2cnc(Cl)nc2N1C1CCCC1.CC[C@@H]1C(=O)N(C)c2cnc(N3CCN(C)CC3)nc2N1C1CCCC1.CN1CCCCC1. The van der Waals surface area contributed by atoms with E-state index in [9.17, 15) is 9.59 Å². The van der Waals surface area contributed by atoms with Gasteiger partial charge in [0.15, 0.2) is 11.6 Å². The van der Waals surface area contributed by atoms with Gasteiger partial charge in [0.25, 0.3) is 0 Å². The summed E-state index contributed by atoms with van der Waals surface area (Å²) in [6, 6.07) is 0.571. The molecule has 2 aromatic heterocycles. The molecule has 6 heterocycles. The molecular weight excluding hydrogens is 690 g/mol. The Labute approximate surface area is 322 Å². The van der Waals surface area contributed by atoms with Crippen molar-refractivity contribution in [2.75, 3.05) is 92.0 Å². The number of likely N-dealkylation sites (N-methyl/N-ethyl adjacent to an activating group) is 3. The quantitative estimate of drug-likeness (QED) is 0.363. The summed E-state index contributed by atoms with van der Waals surface area (Å²) < 4.78 is 0. The van der Waals surface area contributed by atoms with E-state index in [1.54, 1.807) is 23.0 Å². The molecule has 0 bridgehead atoms. The van der Waals surface area contributed by atoms with Crippen LogP contribution in [0.5, 0.6) is 0 Å². The minimum absolute atomic E-state index is 0.106. The van der Waals surface area contributed by atoms with Gasteiger partial charge >= 0.3 is 0 Å². The average molecular weight is 752 g/mol. The molecule has 6 aliphatic rings. The van der Waals surface area contributed by atoms with Crippen molar-refractivity contribution < 1.29 is 9.59 Å². The number of anilines is 5. The lowest BCUT2D eigenvalue weighted by Gasteiger charge is -2.44. The van der Waals surface area contributed by atoms with Crippen LogP contribution < -0.4 is 24.5 Å². The van der Waals surface area contributed by atoms with E-state index in [-0.39, 0.29) is 29.2 Å². The van der Waals surface area contributed by atoms with Crippen molar-refractivity contribution in [3.8, 4) is 0 Å². The van der Waals surface area contributed by atoms with Crippen LogP contribution in [0.15, 0.2) is 12.4 Å². The minimum Gasteiger partial charge on any atom is -0.340 e. The first-order valence-electron chi connectivity index (χ1n) is 20.3. The van der Waals surface area contributed by atoms with E-state index in [0.29, 0.717) is 12.1 Å². The van der Waals surface area contributed by atoms with E-state index in [0.717, 1.165) is 93.7 Å². The van der Waals surface area contributed by atoms with Gasteiger partial charge in [0.2, 0.25) is 23.0 Å². The van der Waals surface area contributed by atoms with Crippen LogP contribution in [-0.2, 0) is 9.59 Å². The lowest BCUT2D eigenvalue weighted by atomic mass is 10.0. The number of nitrogens with zero attached hydrogens (tertiary/aromatic N) is 11. The number of fused-ring (bicyclic) bond motifs is 2. The average Bonchev–Trinajstić information content (AvgIpc) is 3.91. The maximum Gasteiger partial charge on any atom is 0.249 e. The summed E-state index contributed by atoms with van der Waals surface area (Å²) in [6.45, 7) is 10.7. The Bertz CT molecular complexity index is 1540. The Morgan fingerprint density at radius 2 is 1.06 bits per heavy atom. The Balaban J connectivity index is 0.000000157. The van der Waals surface area contributed by atoms with E-state index >= 15 is 0 Å². The summed E-state index contributed by atoms with van der Waals surface area (Å²) in [6.07, 6.45) is 18.8. The van der Waals surface area contributed by atoms with Gasteiger partial charge in [-0.1, -0.05) is 46.0 Å². The van der Waals surface area contributed by atoms with Crippen LogP contribution in [0.2, 0.25) is 5.28 Å². The third kappa shape index (κ3) is 8.67. The van der Waals surface area contributed by atoms with Gasteiger partial charge in [-0.3, -0.25) is 9.59 Å². The summed E-state index contributed by atoms with van der Waals surface area (Å²) in [4.78, 5) is 58.5.